The molecule has 4 aliphatic rings. The zero-order valence-corrected chi connectivity index (χ0v) is 21.0. The fraction of sp³-hybridized carbons (Fsp3) is 0.966. The SMILES string of the molecule is CC[C@H](CC[C@@H](C)[C@H]1CCC2C3CCC4CC(=O)CC[C@]4(C)C3CC[C@@]21C)C(C)C. The van der Waals surface area contributed by atoms with E-state index in [1.54, 1.807) is 0 Å². The quantitative estimate of drug-likeness (QED) is 0.427. The van der Waals surface area contributed by atoms with E-state index < -0.39 is 0 Å². The zero-order valence-electron chi connectivity index (χ0n) is 21.0. The van der Waals surface area contributed by atoms with Gasteiger partial charge in [-0.1, -0.05) is 54.4 Å². The van der Waals surface area contributed by atoms with Gasteiger partial charge in [0.15, 0.2) is 0 Å². The minimum atomic E-state index is 0.466. The van der Waals surface area contributed by atoms with Gasteiger partial charge in [0.1, 0.15) is 5.78 Å². The molecule has 0 bridgehead atoms. The van der Waals surface area contributed by atoms with Crippen molar-refractivity contribution < 1.29 is 4.79 Å². The fourth-order valence-electron chi connectivity index (χ4n) is 9.71. The molecule has 4 rings (SSSR count). The van der Waals surface area contributed by atoms with E-state index in [9.17, 15) is 4.79 Å². The van der Waals surface area contributed by atoms with Gasteiger partial charge in [-0.25, -0.2) is 0 Å². The second-order valence-electron chi connectivity index (χ2n) is 13.1. The maximum atomic E-state index is 12.1. The highest BCUT2D eigenvalue weighted by Crippen LogP contribution is 2.68. The average Bonchev–Trinajstić information content (AvgIpc) is 3.06. The Hall–Kier alpha value is -0.330. The first-order valence-corrected chi connectivity index (χ1v) is 13.7. The molecule has 4 saturated carbocycles. The van der Waals surface area contributed by atoms with Gasteiger partial charge in [-0.2, -0.15) is 0 Å². The van der Waals surface area contributed by atoms with Crippen molar-refractivity contribution in [3.05, 3.63) is 0 Å². The van der Waals surface area contributed by atoms with Gasteiger partial charge in [0.25, 0.3) is 0 Å². The molecule has 0 N–H and O–H groups in total. The van der Waals surface area contributed by atoms with E-state index in [0.29, 0.717) is 22.5 Å². The summed E-state index contributed by atoms with van der Waals surface area (Å²) >= 11 is 0. The molecule has 1 heteroatoms. The lowest BCUT2D eigenvalue weighted by Gasteiger charge is -2.60. The maximum Gasteiger partial charge on any atom is 0.133 e. The average molecular weight is 415 g/mol. The van der Waals surface area contributed by atoms with Crippen LogP contribution >= 0.6 is 0 Å². The highest BCUT2D eigenvalue weighted by atomic mass is 16.1. The Morgan fingerprint density at radius 3 is 2.33 bits per heavy atom. The molecule has 9 atom stereocenters. The molecule has 30 heavy (non-hydrogen) atoms. The summed E-state index contributed by atoms with van der Waals surface area (Å²) in [6.07, 6.45) is 15.8. The number of fused-ring (bicyclic) bond motifs is 5. The number of Topliss-reactive ketones (excluding diaryl/α,β-unsaturated/α-hetero) is 1. The second kappa shape index (κ2) is 8.55. The van der Waals surface area contributed by atoms with Crippen molar-refractivity contribution in [2.75, 3.05) is 0 Å². The van der Waals surface area contributed by atoms with Crippen molar-refractivity contribution >= 4 is 5.78 Å². The van der Waals surface area contributed by atoms with Crippen LogP contribution in [0.2, 0.25) is 0 Å². The highest BCUT2D eigenvalue weighted by molar-refractivity contribution is 5.79. The lowest BCUT2D eigenvalue weighted by molar-refractivity contribution is -0.140. The highest BCUT2D eigenvalue weighted by Gasteiger charge is 2.60. The van der Waals surface area contributed by atoms with Crippen LogP contribution in [0.4, 0.5) is 0 Å². The summed E-state index contributed by atoms with van der Waals surface area (Å²) in [7, 11) is 0. The van der Waals surface area contributed by atoms with E-state index in [0.717, 1.165) is 54.3 Å². The monoisotopic (exact) mass is 414 g/mol. The fourth-order valence-corrected chi connectivity index (χ4v) is 9.71. The van der Waals surface area contributed by atoms with Gasteiger partial charge < -0.3 is 0 Å². The van der Waals surface area contributed by atoms with E-state index in [-0.39, 0.29) is 0 Å². The first-order valence-electron chi connectivity index (χ1n) is 13.7. The standard InChI is InChI=1S/C29H50O/c1-7-21(19(2)3)9-8-20(4)25-12-13-26-24-11-10-22-18-23(30)14-16-28(22,5)27(24)15-17-29(25,26)6/h19-22,24-27H,7-18H2,1-6H3/t20-,21-,22?,24?,25-,26?,27?,28+,29-/m1/s1. The summed E-state index contributed by atoms with van der Waals surface area (Å²) in [5, 5.41) is 0. The van der Waals surface area contributed by atoms with Crippen LogP contribution in [0.5, 0.6) is 0 Å². The topological polar surface area (TPSA) is 17.1 Å². The van der Waals surface area contributed by atoms with Crippen molar-refractivity contribution in [2.24, 2.45) is 58.2 Å². The summed E-state index contributed by atoms with van der Waals surface area (Å²) < 4.78 is 0. The van der Waals surface area contributed by atoms with Crippen molar-refractivity contribution in [2.45, 2.75) is 119 Å². The molecule has 1 nitrogen and oxygen atoms in total. The van der Waals surface area contributed by atoms with Crippen LogP contribution in [0.3, 0.4) is 0 Å². The molecular weight excluding hydrogens is 364 g/mol. The first-order chi connectivity index (χ1) is 14.2. The van der Waals surface area contributed by atoms with Gasteiger partial charge in [-0.15, -0.1) is 0 Å². The number of carbonyl (C=O) groups excluding carboxylic acids is 1. The summed E-state index contributed by atoms with van der Waals surface area (Å²) in [6.45, 7) is 15.1. The number of hydrogen-bond acceptors (Lipinski definition) is 1. The summed E-state index contributed by atoms with van der Waals surface area (Å²) in [6, 6.07) is 0. The predicted molar refractivity (Wildman–Crippen MR) is 127 cm³/mol. The van der Waals surface area contributed by atoms with E-state index in [1.165, 1.54) is 64.2 Å². The molecule has 0 radical (unpaired) electrons. The molecule has 4 fully saturated rings. The Labute approximate surface area is 187 Å². The first kappa shape index (κ1) is 22.8. The van der Waals surface area contributed by atoms with Crippen molar-refractivity contribution in [1.29, 1.82) is 0 Å². The van der Waals surface area contributed by atoms with Crippen LogP contribution in [0.25, 0.3) is 0 Å². The van der Waals surface area contributed by atoms with E-state index >= 15 is 0 Å². The molecule has 4 aliphatic carbocycles. The number of carbonyl (C=O) groups is 1. The number of rotatable bonds is 6. The third-order valence-electron chi connectivity index (χ3n) is 11.7. The van der Waals surface area contributed by atoms with Crippen LogP contribution in [0.15, 0.2) is 0 Å². The van der Waals surface area contributed by atoms with Crippen LogP contribution in [-0.4, -0.2) is 5.78 Å². The lowest BCUT2D eigenvalue weighted by atomic mass is 9.44. The summed E-state index contributed by atoms with van der Waals surface area (Å²) in [5.41, 5.74) is 1.06. The molecule has 0 aromatic heterocycles. The molecule has 0 saturated heterocycles. The van der Waals surface area contributed by atoms with Crippen LogP contribution in [-0.2, 0) is 4.79 Å². The molecule has 0 aromatic rings. The third-order valence-corrected chi connectivity index (χ3v) is 11.7. The van der Waals surface area contributed by atoms with E-state index in [1.807, 2.05) is 0 Å². The maximum absolute atomic E-state index is 12.1. The van der Waals surface area contributed by atoms with Crippen LogP contribution < -0.4 is 0 Å². The Kier molecular flexibility index (Phi) is 6.51. The molecule has 0 aromatic carbocycles. The minimum absolute atomic E-state index is 0.466. The molecule has 0 aliphatic heterocycles. The Balaban J connectivity index is 1.45. The van der Waals surface area contributed by atoms with E-state index in [4.69, 9.17) is 0 Å². The molecule has 4 unspecified atom stereocenters. The van der Waals surface area contributed by atoms with Gasteiger partial charge >= 0.3 is 0 Å². The van der Waals surface area contributed by atoms with Crippen molar-refractivity contribution in [1.82, 2.24) is 0 Å². The number of hydrogen-bond donors (Lipinski definition) is 0. The Bertz CT molecular complexity index is 622. The van der Waals surface area contributed by atoms with Crippen molar-refractivity contribution in [3.63, 3.8) is 0 Å². The molecule has 0 heterocycles. The minimum Gasteiger partial charge on any atom is -0.300 e. The van der Waals surface area contributed by atoms with Gasteiger partial charge in [-0.3, -0.25) is 4.79 Å². The summed E-state index contributed by atoms with van der Waals surface area (Å²) in [4.78, 5) is 12.1. The third kappa shape index (κ3) is 3.73. The Morgan fingerprint density at radius 1 is 0.900 bits per heavy atom. The molecule has 0 spiro atoms. The second-order valence-corrected chi connectivity index (χ2v) is 13.1. The molecule has 172 valence electrons. The van der Waals surface area contributed by atoms with Crippen molar-refractivity contribution in [3.8, 4) is 0 Å². The number of ketones is 1. The smallest absolute Gasteiger partial charge is 0.133 e. The predicted octanol–water partition coefficient (Wildman–Crippen LogP) is 8.31. The molecule has 0 amide bonds. The van der Waals surface area contributed by atoms with Gasteiger partial charge in [-0.05, 0) is 110 Å². The van der Waals surface area contributed by atoms with Crippen LogP contribution in [0, 0.1) is 58.2 Å². The van der Waals surface area contributed by atoms with Gasteiger partial charge in [0.2, 0.25) is 0 Å². The largest absolute Gasteiger partial charge is 0.300 e. The lowest BCUT2D eigenvalue weighted by Crippen LogP contribution is -2.53. The zero-order chi connectivity index (χ0) is 21.7. The van der Waals surface area contributed by atoms with Gasteiger partial charge in [0.05, 0.1) is 0 Å². The Morgan fingerprint density at radius 2 is 1.63 bits per heavy atom. The van der Waals surface area contributed by atoms with Gasteiger partial charge in [0, 0.05) is 12.8 Å². The van der Waals surface area contributed by atoms with E-state index in [2.05, 4.69) is 41.5 Å². The normalized spacial score (nSPS) is 45.6. The molecular formula is C29H50O. The summed E-state index contributed by atoms with van der Waals surface area (Å²) in [5.74, 6) is 7.67. The van der Waals surface area contributed by atoms with Crippen LogP contribution in [0.1, 0.15) is 119 Å².